The Kier molecular flexibility index (Phi) is 6.16. The first-order chi connectivity index (χ1) is 14.1. The van der Waals surface area contributed by atoms with Crippen LogP contribution in [0.3, 0.4) is 0 Å². The van der Waals surface area contributed by atoms with Crippen LogP contribution in [0.1, 0.15) is 15.9 Å². The van der Waals surface area contributed by atoms with Gasteiger partial charge in [-0.05, 0) is 30.3 Å². The molecule has 0 aliphatic carbocycles. The Morgan fingerprint density at radius 2 is 1.87 bits per heavy atom. The molecule has 0 radical (unpaired) electrons. The van der Waals surface area contributed by atoms with Crippen LogP contribution in [-0.2, 0) is 21.4 Å². The van der Waals surface area contributed by atoms with Crippen molar-refractivity contribution in [3.8, 4) is 5.75 Å². The fraction of sp³-hybridized carbons (Fsp3) is 0.200. The molecule has 0 fully saturated rings. The van der Waals surface area contributed by atoms with Crippen molar-refractivity contribution < 1.29 is 27.1 Å². The average molecular weight is 452 g/mol. The van der Waals surface area contributed by atoms with Crippen LogP contribution in [0.2, 0.25) is 5.02 Å². The maximum Gasteiger partial charge on any atom is 0.340 e. The van der Waals surface area contributed by atoms with Crippen molar-refractivity contribution >= 4 is 38.6 Å². The van der Waals surface area contributed by atoms with E-state index < -0.39 is 21.6 Å². The molecule has 0 aliphatic heterocycles. The van der Waals surface area contributed by atoms with E-state index in [4.69, 9.17) is 25.5 Å². The number of sulfonamides is 1. The number of benzene rings is 2. The molecule has 8 nitrogen and oxygen atoms in total. The minimum absolute atomic E-state index is 0.0416. The average Bonchev–Trinajstić information content (AvgIpc) is 2.71. The monoisotopic (exact) mass is 451 g/mol. The second kappa shape index (κ2) is 8.47. The van der Waals surface area contributed by atoms with Gasteiger partial charge < -0.3 is 13.9 Å². The van der Waals surface area contributed by atoms with Gasteiger partial charge in [-0.2, -0.15) is 0 Å². The van der Waals surface area contributed by atoms with E-state index in [1.54, 1.807) is 18.2 Å². The van der Waals surface area contributed by atoms with E-state index in [-0.39, 0.29) is 27.7 Å². The molecule has 0 atom stereocenters. The number of hydrogen-bond acceptors (Lipinski definition) is 7. The second-order valence-electron chi connectivity index (χ2n) is 6.46. The molecule has 1 heterocycles. The van der Waals surface area contributed by atoms with Crippen LogP contribution < -0.4 is 10.4 Å². The Labute approximate surface area is 177 Å². The number of ether oxygens (including phenoxy) is 2. The predicted octanol–water partition coefficient (Wildman–Crippen LogP) is 3.06. The summed E-state index contributed by atoms with van der Waals surface area (Å²) in [4.78, 5) is 24.3. The molecule has 3 rings (SSSR count). The van der Waals surface area contributed by atoms with Gasteiger partial charge in [0.25, 0.3) is 0 Å². The number of halogens is 1. The van der Waals surface area contributed by atoms with Crippen LogP contribution >= 0.6 is 11.6 Å². The van der Waals surface area contributed by atoms with Crippen LogP contribution in [0.15, 0.2) is 56.6 Å². The SMILES string of the molecule is COc1ccc2c(COC(=O)c3cc(S(=O)(=O)N(C)C)ccc3Cl)cc(=O)oc2c1. The number of esters is 1. The zero-order valence-corrected chi connectivity index (χ0v) is 17.9. The summed E-state index contributed by atoms with van der Waals surface area (Å²) in [6.45, 7) is -0.242. The maximum absolute atomic E-state index is 12.6. The van der Waals surface area contributed by atoms with E-state index in [2.05, 4.69) is 0 Å². The number of carbonyl (C=O) groups excluding carboxylic acids is 1. The molecule has 0 spiro atoms. The normalized spacial score (nSPS) is 11.6. The van der Waals surface area contributed by atoms with E-state index in [0.717, 1.165) is 10.4 Å². The highest BCUT2D eigenvalue weighted by Crippen LogP contribution is 2.25. The zero-order chi connectivity index (χ0) is 22.1. The number of nitrogens with zero attached hydrogens (tertiary/aromatic N) is 1. The first-order valence-electron chi connectivity index (χ1n) is 8.63. The van der Waals surface area contributed by atoms with E-state index in [1.807, 2.05) is 0 Å². The lowest BCUT2D eigenvalue weighted by Crippen LogP contribution is -2.22. The van der Waals surface area contributed by atoms with Gasteiger partial charge in [-0.1, -0.05) is 11.6 Å². The Bertz CT molecular complexity index is 1280. The van der Waals surface area contributed by atoms with Crippen molar-refractivity contribution in [2.75, 3.05) is 21.2 Å². The number of methoxy groups -OCH3 is 1. The third-order valence-corrected chi connectivity index (χ3v) is 6.47. The molecular weight excluding hydrogens is 434 g/mol. The van der Waals surface area contributed by atoms with Gasteiger partial charge in [-0.3, -0.25) is 0 Å². The summed E-state index contributed by atoms with van der Waals surface area (Å²) in [6.07, 6.45) is 0. The summed E-state index contributed by atoms with van der Waals surface area (Å²) < 4.78 is 41.2. The zero-order valence-electron chi connectivity index (χ0n) is 16.3. The molecule has 2 aromatic carbocycles. The highest BCUT2D eigenvalue weighted by molar-refractivity contribution is 7.89. The summed E-state index contributed by atoms with van der Waals surface area (Å²) in [7, 11) is 0.485. The molecular formula is C20H18ClNO7S. The van der Waals surface area contributed by atoms with E-state index in [0.29, 0.717) is 16.7 Å². The molecule has 10 heteroatoms. The van der Waals surface area contributed by atoms with Crippen molar-refractivity contribution in [1.29, 1.82) is 0 Å². The lowest BCUT2D eigenvalue weighted by molar-refractivity contribution is 0.0473. The van der Waals surface area contributed by atoms with Crippen LogP contribution in [-0.4, -0.2) is 39.9 Å². The molecule has 0 amide bonds. The molecule has 0 bridgehead atoms. The smallest absolute Gasteiger partial charge is 0.340 e. The summed E-state index contributed by atoms with van der Waals surface area (Å²) in [6, 6.07) is 9.90. The topological polar surface area (TPSA) is 103 Å². The van der Waals surface area contributed by atoms with Crippen molar-refractivity contribution in [2.24, 2.45) is 0 Å². The summed E-state index contributed by atoms with van der Waals surface area (Å²) in [5.74, 6) is -0.323. The van der Waals surface area contributed by atoms with Crippen molar-refractivity contribution in [1.82, 2.24) is 4.31 Å². The van der Waals surface area contributed by atoms with Gasteiger partial charge in [0.1, 0.15) is 17.9 Å². The Hall–Kier alpha value is -2.88. The van der Waals surface area contributed by atoms with E-state index in [1.165, 1.54) is 39.4 Å². The largest absolute Gasteiger partial charge is 0.497 e. The summed E-state index contributed by atoms with van der Waals surface area (Å²) in [5, 5.41) is 0.609. The second-order valence-corrected chi connectivity index (χ2v) is 9.02. The molecule has 0 aliphatic rings. The van der Waals surface area contributed by atoms with Gasteiger partial charge in [-0.25, -0.2) is 22.3 Å². The van der Waals surface area contributed by atoms with Gasteiger partial charge in [0.15, 0.2) is 0 Å². The molecule has 0 saturated heterocycles. The van der Waals surface area contributed by atoms with Crippen LogP contribution in [0.5, 0.6) is 5.75 Å². The first kappa shape index (κ1) is 21.8. The predicted molar refractivity (Wildman–Crippen MR) is 110 cm³/mol. The third-order valence-electron chi connectivity index (χ3n) is 4.33. The highest BCUT2D eigenvalue weighted by atomic mass is 35.5. The standard InChI is InChI=1S/C20H18ClNO7S/c1-22(2)30(25,26)14-5-7-17(21)16(10-14)20(24)28-11-12-8-19(23)29-18-9-13(27-3)4-6-15(12)18/h4-10H,11H2,1-3H3. The quantitative estimate of drug-likeness (QED) is 0.419. The Balaban J connectivity index is 1.90. The van der Waals surface area contributed by atoms with Crippen LogP contribution in [0.25, 0.3) is 11.0 Å². The first-order valence-corrected chi connectivity index (χ1v) is 10.5. The minimum Gasteiger partial charge on any atom is -0.497 e. The fourth-order valence-corrected chi connectivity index (χ4v) is 3.83. The lowest BCUT2D eigenvalue weighted by atomic mass is 10.1. The molecule has 30 heavy (non-hydrogen) atoms. The number of carbonyl (C=O) groups is 1. The summed E-state index contributed by atoms with van der Waals surface area (Å²) in [5.41, 5.74) is -0.0112. The Morgan fingerprint density at radius 1 is 1.13 bits per heavy atom. The van der Waals surface area contributed by atoms with Crippen molar-refractivity contribution in [2.45, 2.75) is 11.5 Å². The highest BCUT2D eigenvalue weighted by Gasteiger charge is 2.22. The molecule has 0 unspecified atom stereocenters. The van der Waals surface area contributed by atoms with Gasteiger partial charge in [0.2, 0.25) is 10.0 Å². The number of fused-ring (bicyclic) bond motifs is 1. The maximum atomic E-state index is 12.6. The van der Waals surface area contributed by atoms with Crippen molar-refractivity contribution in [3.63, 3.8) is 0 Å². The van der Waals surface area contributed by atoms with Crippen LogP contribution in [0, 0.1) is 0 Å². The van der Waals surface area contributed by atoms with Gasteiger partial charge in [0, 0.05) is 37.2 Å². The summed E-state index contributed by atoms with van der Waals surface area (Å²) >= 11 is 6.07. The molecule has 0 N–H and O–H groups in total. The molecule has 158 valence electrons. The van der Waals surface area contributed by atoms with Gasteiger partial charge in [-0.15, -0.1) is 0 Å². The number of hydrogen-bond donors (Lipinski definition) is 0. The molecule has 0 saturated carbocycles. The third kappa shape index (κ3) is 4.33. The van der Waals surface area contributed by atoms with Crippen molar-refractivity contribution in [3.05, 3.63) is 69.0 Å². The molecule has 3 aromatic rings. The number of rotatable bonds is 6. The minimum atomic E-state index is -3.76. The lowest BCUT2D eigenvalue weighted by Gasteiger charge is -2.13. The van der Waals surface area contributed by atoms with Crippen LogP contribution in [0.4, 0.5) is 0 Å². The van der Waals surface area contributed by atoms with Gasteiger partial charge in [0.05, 0.1) is 22.6 Å². The van der Waals surface area contributed by atoms with E-state index >= 15 is 0 Å². The fourth-order valence-electron chi connectivity index (χ4n) is 2.71. The Morgan fingerprint density at radius 3 is 2.53 bits per heavy atom. The van der Waals surface area contributed by atoms with Gasteiger partial charge >= 0.3 is 11.6 Å². The molecule has 1 aromatic heterocycles. The van der Waals surface area contributed by atoms with E-state index in [9.17, 15) is 18.0 Å².